The van der Waals surface area contributed by atoms with Crippen LogP contribution in [0.1, 0.15) is 25.7 Å². The standard InChI is InChI=1S/C20H26N2O2/c1-2-6-17(7-3-1)24-19-9-5-4-8-18(19)22-13-10-20(11-14-22)16-21-12-15-23-20/h2,4-9,21H,1,3,10-16H2. The van der Waals surface area contributed by atoms with Gasteiger partial charge in [0.05, 0.1) is 17.9 Å². The van der Waals surface area contributed by atoms with Crippen molar-refractivity contribution in [3.8, 4) is 5.75 Å². The predicted octanol–water partition coefficient (Wildman–Crippen LogP) is 3.26. The number of nitrogens with zero attached hydrogens (tertiary/aromatic N) is 1. The van der Waals surface area contributed by atoms with E-state index >= 15 is 0 Å². The smallest absolute Gasteiger partial charge is 0.150 e. The van der Waals surface area contributed by atoms with Crippen molar-refractivity contribution >= 4 is 5.69 Å². The molecule has 0 amide bonds. The number of hydrogen-bond donors (Lipinski definition) is 1. The van der Waals surface area contributed by atoms with Crippen LogP contribution in [0.3, 0.4) is 0 Å². The molecule has 0 saturated carbocycles. The maximum absolute atomic E-state index is 6.17. The molecule has 1 aromatic carbocycles. The van der Waals surface area contributed by atoms with Gasteiger partial charge in [-0.15, -0.1) is 0 Å². The number of ether oxygens (including phenoxy) is 2. The highest BCUT2D eigenvalue weighted by molar-refractivity contribution is 5.59. The quantitative estimate of drug-likeness (QED) is 0.924. The lowest BCUT2D eigenvalue weighted by molar-refractivity contribution is -0.0800. The molecule has 0 bridgehead atoms. The number of allylic oxidation sites excluding steroid dienone is 3. The van der Waals surface area contributed by atoms with Crippen molar-refractivity contribution in [2.45, 2.75) is 31.3 Å². The van der Waals surface area contributed by atoms with Crippen LogP contribution in [0.25, 0.3) is 0 Å². The molecule has 2 aliphatic heterocycles. The number of rotatable bonds is 3. The fourth-order valence-electron chi connectivity index (χ4n) is 3.78. The van der Waals surface area contributed by atoms with Gasteiger partial charge in [0, 0.05) is 26.2 Å². The Morgan fingerprint density at radius 2 is 2.00 bits per heavy atom. The van der Waals surface area contributed by atoms with Crippen LogP contribution in [-0.2, 0) is 4.74 Å². The summed E-state index contributed by atoms with van der Waals surface area (Å²) in [7, 11) is 0. The summed E-state index contributed by atoms with van der Waals surface area (Å²) >= 11 is 0. The molecule has 3 aliphatic rings. The molecule has 1 aliphatic carbocycles. The minimum Gasteiger partial charge on any atom is -0.456 e. The SMILES string of the molecule is C1=CC(Oc2ccccc2N2CCC3(CC2)CNCCO3)=CCC1. The largest absolute Gasteiger partial charge is 0.456 e. The topological polar surface area (TPSA) is 33.7 Å². The number of benzene rings is 1. The second-order valence-electron chi connectivity index (χ2n) is 6.85. The molecule has 1 aromatic rings. The maximum atomic E-state index is 6.17. The molecule has 4 nitrogen and oxygen atoms in total. The summed E-state index contributed by atoms with van der Waals surface area (Å²) in [5.74, 6) is 1.91. The van der Waals surface area contributed by atoms with Gasteiger partial charge in [0.15, 0.2) is 5.75 Å². The molecule has 1 spiro atoms. The van der Waals surface area contributed by atoms with Crippen molar-refractivity contribution in [2.75, 3.05) is 37.7 Å². The van der Waals surface area contributed by atoms with Gasteiger partial charge in [0.2, 0.25) is 0 Å². The van der Waals surface area contributed by atoms with Crippen LogP contribution in [-0.4, -0.2) is 38.4 Å². The van der Waals surface area contributed by atoms with E-state index in [1.165, 1.54) is 5.69 Å². The Kier molecular flexibility index (Phi) is 4.58. The van der Waals surface area contributed by atoms with Crippen molar-refractivity contribution in [3.63, 3.8) is 0 Å². The van der Waals surface area contributed by atoms with E-state index in [1.807, 2.05) is 6.07 Å². The first-order valence-electron chi connectivity index (χ1n) is 9.08. The van der Waals surface area contributed by atoms with Gasteiger partial charge in [-0.25, -0.2) is 0 Å². The molecule has 24 heavy (non-hydrogen) atoms. The van der Waals surface area contributed by atoms with Crippen molar-refractivity contribution in [1.29, 1.82) is 0 Å². The Morgan fingerprint density at radius 3 is 2.75 bits per heavy atom. The average Bonchev–Trinajstić information content (AvgIpc) is 2.65. The molecule has 1 N–H and O–H groups in total. The monoisotopic (exact) mass is 326 g/mol. The molecule has 0 aromatic heterocycles. The Bertz CT molecular complexity index is 622. The molecular weight excluding hydrogens is 300 g/mol. The van der Waals surface area contributed by atoms with Gasteiger partial charge in [-0.2, -0.15) is 0 Å². The summed E-state index contributed by atoms with van der Waals surface area (Å²) in [5.41, 5.74) is 1.23. The van der Waals surface area contributed by atoms with E-state index in [2.05, 4.69) is 46.6 Å². The summed E-state index contributed by atoms with van der Waals surface area (Å²) < 4.78 is 12.3. The van der Waals surface area contributed by atoms with E-state index < -0.39 is 0 Å². The number of morpholine rings is 1. The van der Waals surface area contributed by atoms with Gasteiger partial charge in [-0.1, -0.05) is 18.2 Å². The molecule has 2 heterocycles. The van der Waals surface area contributed by atoms with Crippen LogP contribution in [0.15, 0.2) is 48.3 Å². The number of para-hydroxylation sites is 2. The maximum Gasteiger partial charge on any atom is 0.150 e. The normalized spacial score (nSPS) is 23.2. The van der Waals surface area contributed by atoms with Crippen LogP contribution >= 0.6 is 0 Å². The molecule has 4 rings (SSSR count). The van der Waals surface area contributed by atoms with Gasteiger partial charge in [0.1, 0.15) is 5.76 Å². The Hall–Kier alpha value is -1.78. The Morgan fingerprint density at radius 1 is 1.12 bits per heavy atom. The third-order valence-electron chi connectivity index (χ3n) is 5.20. The van der Waals surface area contributed by atoms with E-state index in [9.17, 15) is 0 Å². The van der Waals surface area contributed by atoms with Crippen LogP contribution in [0.5, 0.6) is 5.75 Å². The predicted molar refractivity (Wildman–Crippen MR) is 96.5 cm³/mol. The number of nitrogens with one attached hydrogen (secondary N) is 1. The fraction of sp³-hybridized carbons (Fsp3) is 0.500. The van der Waals surface area contributed by atoms with Gasteiger partial charge in [-0.05, 0) is 50.0 Å². The third-order valence-corrected chi connectivity index (χ3v) is 5.20. The minimum absolute atomic E-state index is 0.0409. The van der Waals surface area contributed by atoms with E-state index in [0.717, 1.165) is 70.0 Å². The van der Waals surface area contributed by atoms with Gasteiger partial charge in [-0.3, -0.25) is 0 Å². The van der Waals surface area contributed by atoms with Crippen LogP contribution in [0, 0.1) is 0 Å². The summed E-state index contributed by atoms with van der Waals surface area (Å²) in [5, 5.41) is 3.48. The number of anilines is 1. The molecule has 2 saturated heterocycles. The van der Waals surface area contributed by atoms with Crippen LogP contribution < -0.4 is 15.0 Å². The Labute approximate surface area is 144 Å². The zero-order valence-electron chi connectivity index (χ0n) is 14.2. The molecule has 0 radical (unpaired) electrons. The minimum atomic E-state index is 0.0409. The summed E-state index contributed by atoms with van der Waals surface area (Å²) in [6, 6.07) is 8.38. The van der Waals surface area contributed by atoms with E-state index in [-0.39, 0.29) is 5.60 Å². The number of hydrogen-bond acceptors (Lipinski definition) is 4. The molecule has 2 fully saturated rings. The van der Waals surface area contributed by atoms with Gasteiger partial charge >= 0.3 is 0 Å². The molecule has 0 unspecified atom stereocenters. The lowest BCUT2D eigenvalue weighted by atomic mass is 9.89. The second kappa shape index (κ2) is 6.99. The van der Waals surface area contributed by atoms with Crippen molar-refractivity contribution in [3.05, 3.63) is 48.3 Å². The first-order chi connectivity index (χ1) is 11.8. The average molecular weight is 326 g/mol. The van der Waals surface area contributed by atoms with Crippen LogP contribution in [0.2, 0.25) is 0 Å². The molecule has 4 heteroatoms. The molecular formula is C20H26N2O2. The van der Waals surface area contributed by atoms with Gasteiger partial charge in [0.25, 0.3) is 0 Å². The lowest BCUT2D eigenvalue weighted by Crippen LogP contribution is -2.55. The summed E-state index contributed by atoms with van der Waals surface area (Å²) in [6.45, 7) is 4.81. The van der Waals surface area contributed by atoms with Crippen molar-refractivity contribution in [2.24, 2.45) is 0 Å². The zero-order chi connectivity index (χ0) is 16.2. The van der Waals surface area contributed by atoms with E-state index in [0.29, 0.717) is 0 Å². The first kappa shape index (κ1) is 15.7. The van der Waals surface area contributed by atoms with E-state index in [1.54, 1.807) is 0 Å². The van der Waals surface area contributed by atoms with Crippen molar-refractivity contribution in [1.82, 2.24) is 5.32 Å². The van der Waals surface area contributed by atoms with E-state index in [4.69, 9.17) is 9.47 Å². The highest BCUT2D eigenvalue weighted by Crippen LogP contribution is 2.35. The second-order valence-corrected chi connectivity index (χ2v) is 6.85. The zero-order valence-corrected chi connectivity index (χ0v) is 14.2. The first-order valence-corrected chi connectivity index (χ1v) is 9.08. The number of piperidine rings is 1. The highest BCUT2D eigenvalue weighted by atomic mass is 16.5. The Balaban J connectivity index is 1.47. The van der Waals surface area contributed by atoms with Gasteiger partial charge < -0.3 is 19.7 Å². The lowest BCUT2D eigenvalue weighted by Gasteiger charge is -2.45. The van der Waals surface area contributed by atoms with Crippen LogP contribution in [0.4, 0.5) is 5.69 Å². The fourth-order valence-corrected chi connectivity index (χ4v) is 3.78. The van der Waals surface area contributed by atoms with Crippen molar-refractivity contribution < 1.29 is 9.47 Å². The highest BCUT2D eigenvalue weighted by Gasteiger charge is 2.37. The third kappa shape index (κ3) is 3.35. The molecule has 0 atom stereocenters. The molecule has 128 valence electrons. The summed E-state index contributed by atoms with van der Waals surface area (Å²) in [6.07, 6.45) is 10.7. The summed E-state index contributed by atoms with van der Waals surface area (Å²) in [4.78, 5) is 2.44.